The molecule has 0 atom stereocenters. The molecule has 1 aromatic heterocycles. The average molecular weight is 317 g/mol. The monoisotopic (exact) mass is 316 g/mol. The molecule has 1 aromatic rings. The molecule has 0 radical (unpaired) electrons. The van der Waals surface area contributed by atoms with Crippen LogP contribution in [0.1, 0.15) is 41.8 Å². The molecular formula is C13H17BrO2S. The first-order valence-corrected chi connectivity index (χ1v) is 7.73. The van der Waals surface area contributed by atoms with Crippen LogP contribution in [-0.2, 0) is 4.74 Å². The number of carbonyl (C=O) groups excluding carboxylic acids is 1. The molecule has 1 heterocycles. The van der Waals surface area contributed by atoms with Crippen LogP contribution in [0.4, 0.5) is 0 Å². The maximum Gasteiger partial charge on any atom is 0.198 e. The first-order chi connectivity index (χ1) is 8.25. The molecule has 94 valence electrons. The van der Waals surface area contributed by atoms with Gasteiger partial charge in [0.1, 0.15) is 6.61 Å². The van der Waals surface area contributed by atoms with Crippen molar-refractivity contribution in [2.24, 2.45) is 5.92 Å². The van der Waals surface area contributed by atoms with E-state index in [2.05, 4.69) is 15.9 Å². The Labute approximate surface area is 114 Å². The van der Waals surface area contributed by atoms with Gasteiger partial charge in [-0.25, -0.2) is 0 Å². The third-order valence-corrected chi connectivity index (χ3v) is 4.82. The van der Waals surface area contributed by atoms with Gasteiger partial charge in [-0.2, -0.15) is 0 Å². The second-order valence-corrected chi connectivity index (χ2v) is 7.01. The van der Waals surface area contributed by atoms with Crippen LogP contribution in [0.2, 0.25) is 0 Å². The molecule has 2 nitrogen and oxygen atoms in total. The fourth-order valence-electron chi connectivity index (χ4n) is 2.21. The largest absolute Gasteiger partial charge is 0.373 e. The predicted octanol–water partition coefficient (Wildman–Crippen LogP) is 4.29. The number of halogens is 1. The number of ketones is 1. The highest BCUT2D eigenvalue weighted by atomic mass is 79.9. The van der Waals surface area contributed by atoms with Crippen molar-refractivity contribution in [3.05, 3.63) is 20.8 Å². The van der Waals surface area contributed by atoms with Crippen molar-refractivity contribution < 1.29 is 9.53 Å². The number of ether oxygens (including phenoxy) is 1. The van der Waals surface area contributed by atoms with Gasteiger partial charge < -0.3 is 4.74 Å². The highest BCUT2D eigenvalue weighted by Crippen LogP contribution is 2.24. The van der Waals surface area contributed by atoms with E-state index in [1.54, 1.807) is 0 Å². The summed E-state index contributed by atoms with van der Waals surface area (Å²) in [7, 11) is 0. The van der Waals surface area contributed by atoms with Crippen molar-refractivity contribution >= 4 is 33.0 Å². The van der Waals surface area contributed by atoms with Gasteiger partial charge in [0.05, 0.1) is 15.3 Å². The van der Waals surface area contributed by atoms with E-state index < -0.39 is 0 Å². The molecular weight excluding hydrogens is 300 g/mol. The molecule has 17 heavy (non-hydrogen) atoms. The van der Waals surface area contributed by atoms with Crippen LogP contribution >= 0.6 is 27.3 Å². The first-order valence-electron chi connectivity index (χ1n) is 6.12. The van der Waals surface area contributed by atoms with Gasteiger partial charge in [-0.15, -0.1) is 11.3 Å². The predicted molar refractivity (Wildman–Crippen MR) is 73.7 cm³/mol. The second kappa shape index (κ2) is 6.66. The van der Waals surface area contributed by atoms with E-state index in [0.717, 1.165) is 15.3 Å². The lowest BCUT2D eigenvalue weighted by molar-refractivity contribution is 0.0632. The van der Waals surface area contributed by atoms with Gasteiger partial charge in [-0.05, 0) is 46.8 Å². The maximum absolute atomic E-state index is 11.8. The van der Waals surface area contributed by atoms with Crippen molar-refractivity contribution in [1.29, 1.82) is 0 Å². The zero-order chi connectivity index (χ0) is 12.1. The zero-order valence-corrected chi connectivity index (χ0v) is 12.2. The average Bonchev–Trinajstić information content (AvgIpc) is 2.77. The standard InChI is InChI=1S/C13H17BrO2S/c14-13-7-6-12(17-13)11(15)9-16-8-10-4-2-1-3-5-10/h6-7,10H,1-5,8-9H2. The fourth-order valence-corrected chi connectivity index (χ4v) is 3.52. The summed E-state index contributed by atoms with van der Waals surface area (Å²) >= 11 is 4.83. The van der Waals surface area contributed by atoms with Gasteiger partial charge in [0.2, 0.25) is 0 Å². The molecule has 1 aliphatic rings. The molecule has 0 spiro atoms. The summed E-state index contributed by atoms with van der Waals surface area (Å²) in [6.45, 7) is 0.974. The molecule has 0 aliphatic heterocycles. The van der Waals surface area contributed by atoms with E-state index in [1.807, 2.05) is 12.1 Å². The van der Waals surface area contributed by atoms with E-state index in [0.29, 0.717) is 5.92 Å². The number of hydrogen-bond donors (Lipinski definition) is 0. The molecule has 0 unspecified atom stereocenters. The summed E-state index contributed by atoms with van der Waals surface area (Å²) in [5, 5.41) is 0. The van der Waals surface area contributed by atoms with Crippen LogP contribution in [0.5, 0.6) is 0 Å². The normalized spacial score (nSPS) is 17.2. The number of rotatable bonds is 5. The molecule has 1 fully saturated rings. The summed E-state index contributed by atoms with van der Waals surface area (Å²) in [5.74, 6) is 0.767. The fraction of sp³-hybridized carbons (Fsp3) is 0.615. The van der Waals surface area contributed by atoms with Crippen molar-refractivity contribution in [1.82, 2.24) is 0 Å². The second-order valence-electron chi connectivity index (χ2n) is 4.55. The smallest absolute Gasteiger partial charge is 0.198 e. The Hall–Kier alpha value is -0.190. The SMILES string of the molecule is O=C(COCC1CCCCC1)c1ccc(Br)s1. The summed E-state index contributed by atoms with van der Waals surface area (Å²) < 4.78 is 6.53. The van der Waals surface area contributed by atoms with Gasteiger partial charge in [0, 0.05) is 0 Å². The number of thiophene rings is 1. The third-order valence-electron chi connectivity index (χ3n) is 3.16. The molecule has 1 aliphatic carbocycles. The van der Waals surface area contributed by atoms with Crippen LogP contribution < -0.4 is 0 Å². The van der Waals surface area contributed by atoms with E-state index >= 15 is 0 Å². The van der Waals surface area contributed by atoms with Crippen LogP contribution in [0.3, 0.4) is 0 Å². The van der Waals surface area contributed by atoms with Gasteiger partial charge in [0.15, 0.2) is 5.78 Å². The van der Waals surface area contributed by atoms with Crippen molar-refractivity contribution in [3.63, 3.8) is 0 Å². The minimum atomic E-state index is 0.0940. The Balaban J connectivity index is 1.69. The molecule has 0 saturated heterocycles. The van der Waals surface area contributed by atoms with E-state index in [-0.39, 0.29) is 12.4 Å². The van der Waals surface area contributed by atoms with E-state index in [1.165, 1.54) is 43.4 Å². The lowest BCUT2D eigenvalue weighted by Gasteiger charge is -2.20. The summed E-state index contributed by atoms with van der Waals surface area (Å²) in [5.41, 5.74) is 0. The van der Waals surface area contributed by atoms with Crippen LogP contribution in [0.15, 0.2) is 15.9 Å². The molecule has 0 N–H and O–H groups in total. The molecule has 1 saturated carbocycles. The molecule has 0 bridgehead atoms. The van der Waals surface area contributed by atoms with Crippen LogP contribution in [0.25, 0.3) is 0 Å². The maximum atomic E-state index is 11.8. The first kappa shape index (κ1) is 13.2. The molecule has 4 heteroatoms. The highest BCUT2D eigenvalue weighted by molar-refractivity contribution is 9.11. The third kappa shape index (κ3) is 4.19. The number of hydrogen-bond acceptors (Lipinski definition) is 3. The Kier molecular flexibility index (Phi) is 5.19. The minimum absolute atomic E-state index is 0.0940. The quantitative estimate of drug-likeness (QED) is 0.757. The highest BCUT2D eigenvalue weighted by Gasteiger charge is 2.15. The van der Waals surface area contributed by atoms with E-state index in [9.17, 15) is 4.79 Å². The van der Waals surface area contributed by atoms with Crippen LogP contribution in [-0.4, -0.2) is 19.0 Å². The Morgan fingerprint density at radius 1 is 1.35 bits per heavy atom. The zero-order valence-electron chi connectivity index (χ0n) is 9.78. The lowest BCUT2D eigenvalue weighted by atomic mass is 9.90. The molecule has 0 amide bonds. The molecule has 2 rings (SSSR count). The van der Waals surface area contributed by atoms with Gasteiger partial charge >= 0.3 is 0 Å². The Morgan fingerprint density at radius 3 is 2.76 bits per heavy atom. The van der Waals surface area contributed by atoms with Crippen molar-refractivity contribution in [2.45, 2.75) is 32.1 Å². The topological polar surface area (TPSA) is 26.3 Å². The minimum Gasteiger partial charge on any atom is -0.373 e. The van der Waals surface area contributed by atoms with Crippen molar-refractivity contribution in [3.8, 4) is 0 Å². The Bertz CT molecular complexity index is 369. The van der Waals surface area contributed by atoms with Gasteiger partial charge in [0.25, 0.3) is 0 Å². The molecule has 0 aromatic carbocycles. The van der Waals surface area contributed by atoms with Crippen LogP contribution in [0, 0.1) is 5.92 Å². The Morgan fingerprint density at radius 2 is 2.12 bits per heavy atom. The summed E-state index contributed by atoms with van der Waals surface area (Å²) in [4.78, 5) is 12.5. The van der Waals surface area contributed by atoms with E-state index in [4.69, 9.17) is 4.74 Å². The van der Waals surface area contributed by atoms with Crippen molar-refractivity contribution in [2.75, 3.05) is 13.2 Å². The van der Waals surface area contributed by atoms with Gasteiger partial charge in [-0.3, -0.25) is 4.79 Å². The number of carbonyl (C=O) groups is 1. The number of Topliss-reactive ketones (excluding diaryl/α,β-unsaturated/α-hetero) is 1. The summed E-state index contributed by atoms with van der Waals surface area (Å²) in [6, 6.07) is 3.75. The summed E-state index contributed by atoms with van der Waals surface area (Å²) in [6.07, 6.45) is 6.52. The van der Waals surface area contributed by atoms with Gasteiger partial charge in [-0.1, -0.05) is 19.3 Å². The lowest BCUT2D eigenvalue weighted by Crippen LogP contribution is -2.16.